The average Bonchev–Trinajstić information content (AvgIpc) is 3.18. The van der Waals surface area contributed by atoms with E-state index in [4.69, 9.17) is 0 Å². The van der Waals surface area contributed by atoms with E-state index in [1.807, 2.05) is 67.6 Å². The van der Waals surface area contributed by atoms with Crippen LogP contribution < -0.4 is 16.0 Å². The largest absolute Gasteiger partial charge is 0.326 e. The van der Waals surface area contributed by atoms with Crippen molar-refractivity contribution in [3.05, 3.63) is 102 Å². The molecule has 0 spiro atoms. The minimum atomic E-state index is -0.429. The number of nitrogens with zero attached hydrogens (tertiary/aromatic N) is 1. The maximum absolute atomic E-state index is 13.3. The van der Waals surface area contributed by atoms with Crippen molar-refractivity contribution in [3.63, 3.8) is 0 Å². The van der Waals surface area contributed by atoms with Gasteiger partial charge < -0.3 is 10.6 Å². The molecule has 7 heteroatoms. The predicted octanol–water partition coefficient (Wildman–Crippen LogP) is 5.95. The molecule has 0 aliphatic carbocycles. The van der Waals surface area contributed by atoms with E-state index in [0.29, 0.717) is 23.4 Å². The standard InChI is InChI=1S/C28H23FN4O2/c1-2-23-24-16-22(13-14-25(24)32-27(23)35)31-28(33-26(34)18-7-10-20(29)11-8-18)30-21-12-9-17-5-3-4-6-19(17)15-21/h3-16,23H,2H2,1H3,(H,32,35)(H2,30,31,33,34). The molecule has 1 heterocycles. The van der Waals surface area contributed by atoms with Crippen LogP contribution in [0, 0.1) is 5.82 Å². The Morgan fingerprint density at radius 3 is 2.51 bits per heavy atom. The van der Waals surface area contributed by atoms with Crippen LogP contribution in [0.1, 0.15) is 35.2 Å². The average molecular weight is 467 g/mol. The highest BCUT2D eigenvalue weighted by Gasteiger charge is 2.29. The summed E-state index contributed by atoms with van der Waals surface area (Å²) in [6.07, 6.45) is 0.682. The fourth-order valence-electron chi connectivity index (χ4n) is 4.19. The molecule has 0 aromatic heterocycles. The van der Waals surface area contributed by atoms with Crippen LogP contribution in [0.3, 0.4) is 0 Å². The minimum Gasteiger partial charge on any atom is -0.326 e. The molecular formula is C28H23FN4O2. The van der Waals surface area contributed by atoms with Crippen LogP contribution in [0.25, 0.3) is 10.8 Å². The second-order valence-electron chi connectivity index (χ2n) is 8.33. The molecule has 0 saturated heterocycles. The van der Waals surface area contributed by atoms with E-state index < -0.39 is 11.7 Å². The molecule has 0 radical (unpaired) electrons. The summed E-state index contributed by atoms with van der Waals surface area (Å²) in [5.41, 5.74) is 3.31. The zero-order valence-corrected chi connectivity index (χ0v) is 19.0. The lowest BCUT2D eigenvalue weighted by molar-refractivity contribution is -0.117. The predicted molar refractivity (Wildman–Crippen MR) is 137 cm³/mol. The monoisotopic (exact) mass is 466 g/mol. The van der Waals surface area contributed by atoms with Crippen LogP contribution in [0.2, 0.25) is 0 Å². The zero-order chi connectivity index (χ0) is 24.4. The first-order valence-corrected chi connectivity index (χ1v) is 11.4. The summed E-state index contributed by atoms with van der Waals surface area (Å²) in [4.78, 5) is 29.8. The third kappa shape index (κ3) is 4.75. The third-order valence-corrected chi connectivity index (χ3v) is 5.98. The Morgan fingerprint density at radius 2 is 1.74 bits per heavy atom. The van der Waals surface area contributed by atoms with Gasteiger partial charge in [-0.1, -0.05) is 37.3 Å². The molecule has 6 nitrogen and oxygen atoms in total. The van der Waals surface area contributed by atoms with Gasteiger partial charge >= 0.3 is 0 Å². The molecule has 2 amide bonds. The molecule has 1 atom stereocenters. The lowest BCUT2D eigenvalue weighted by Crippen LogP contribution is -2.35. The molecule has 1 unspecified atom stereocenters. The topological polar surface area (TPSA) is 82.6 Å². The van der Waals surface area contributed by atoms with Crippen molar-refractivity contribution in [2.24, 2.45) is 4.99 Å². The highest BCUT2D eigenvalue weighted by Crippen LogP contribution is 2.36. The fraction of sp³-hybridized carbons (Fsp3) is 0.107. The van der Waals surface area contributed by atoms with E-state index in [1.54, 1.807) is 0 Å². The smallest absolute Gasteiger partial charge is 0.257 e. The Morgan fingerprint density at radius 1 is 0.971 bits per heavy atom. The number of rotatable bonds is 4. The molecule has 174 valence electrons. The van der Waals surface area contributed by atoms with E-state index in [9.17, 15) is 14.0 Å². The van der Waals surface area contributed by atoms with Crippen molar-refractivity contribution in [1.82, 2.24) is 5.32 Å². The van der Waals surface area contributed by atoms with Crippen molar-refractivity contribution in [1.29, 1.82) is 0 Å². The quantitative estimate of drug-likeness (QED) is 0.257. The number of aliphatic imine (C=N–C) groups is 1. The maximum atomic E-state index is 13.3. The Kier molecular flexibility index (Phi) is 5.97. The van der Waals surface area contributed by atoms with E-state index in [0.717, 1.165) is 22.0 Å². The van der Waals surface area contributed by atoms with Crippen molar-refractivity contribution in [2.75, 3.05) is 10.6 Å². The molecule has 0 bridgehead atoms. The minimum absolute atomic E-state index is 0.0192. The van der Waals surface area contributed by atoms with Gasteiger partial charge in [-0.2, -0.15) is 0 Å². The first-order valence-electron chi connectivity index (χ1n) is 11.4. The number of hydrogen-bond donors (Lipinski definition) is 3. The van der Waals surface area contributed by atoms with Gasteiger partial charge in [0.15, 0.2) is 0 Å². The summed E-state index contributed by atoms with van der Waals surface area (Å²) >= 11 is 0. The summed E-state index contributed by atoms with van der Waals surface area (Å²) in [7, 11) is 0. The molecule has 4 aromatic rings. The van der Waals surface area contributed by atoms with Crippen molar-refractivity contribution in [3.8, 4) is 0 Å². The van der Waals surface area contributed by atoms with Crippen LogP contribution in [0.15, 0.2) is 89.9 Å². The van der Waals surface area contributed by atoms with E-state index in [1.165, 1.54) is 24.3 Å². The highest BCUT2D eigenvalue weighted by atomic mass is 19.1. The summed E-state index contributed by atoms with van der Waals surface area (Å²) in [6, 6.07) is 24.5. The van der Waals surface area contributed by atoms with Gasteiger partial charge in [0, 0.05) is 16.9 Å². The highest BCUT2D eigenvalue weighted by molar-refractivity contribution is 6.11. The van der Waals surface area contributed by atoms with Gasteiger partial charge in [-0.25, -0.2) is 9.38 Å². The molecule has 1 aliphatic rings. The first kappa shape index (κ1) is 22.3. The van der Waals surface area contributed by atoms with Crippen LogP contribution >= 0.6 is 0 Å². The number of anilines is 2. The Hall–Kier alpha value is -4.52. The van der Waals surface area contributed by atoms with Crippen LogP contribution in [-0.2, 0) is 4.79 Å². The number of fused-ring (bicyclic) bond motifs is 2. The number of halogens is 1. The van der Waals surface area contributed by atoms with Crippen LogP contribution in [-0.4, -0.2) is 17.8 Å². The Bertz CT molecular complexity index is 1460. The normalized spacial score (nSPS) is 15.0. The number of nitrogens with one attached hydrogen (secondary N) is 3. The van der Waals surface area contributed by atoms with Crippen molar-refractivity contribution in [2.45, 2.75) is 19.3 Å². The number of carbonyl (C=O) groups excluding carboxylic acids is 2. The molecule has 3 N–H and O–H groups in total. The van der Waals surface area contributed by atoms with Crippen molar-refractivity contribution >= 4 is 45.6 Å². The van der Waals surface area contributed by atoms with Crippen molar-refractivity contribution < 1.29 is 14.0 Å². The van der Waals surface area contributed by atoms with E-state index >= 15 is 0 Å². The second kappa shape index (κ2) is 9.38. The lowest BCUT2D eigenvalue weighted by atomic mass is 9.98. The SMILES string of the molecule is CCC1C(=O)Nc2ccc(NC(=Nc3ccc4ccccc4c3)NC(=O)c3ccc(F)cc3)cc21. The van der Waals surface area contributed by atoms with Gasteiger partial charge in [0.2, 0.25) is 11.9 Å². The van der Waals surface area contributed by atoms with Crippen LogP contribution in [0.4, 0.5) is 21.5 Å². The third-order valence-electron chi connectivity index (χ3n) is 5.98. The number of benzene rings is 4. The van der Waals surface area contributed by atoms with Gasteiger partial charge in [-0.15, -0.1) is 0 Å². The molecule has 4 aromatic carbocycles. The Labute approximate surface area is 201 Å². The molecule has 35 heavy (non-hydrogen) atoms. The first-order chi connectivity index (χ1) is 17.0. The van der Waals surface area contributed by atoms with Gasteiger partial charge in [-0.3, -0.25) is 14.9 Å². The number of hydrogen-bond acceptors (Lipinski definition) is 3. The molecule has 1 aliphatic heterocycles. The summed E-state index contributed by atoms with van der Waals surface area (Å²) in [5.74, 6) is -0.881. The van der Waals surface area contributed by atoms with Crippen LogP contribution in [0.5, 0.6) is 0 Å². The fourth-order valence-corrected chi connectivity index (χ4v) is 4.19. The molecular weight excluding hydrogens is 443 g/mol. The number of amides is 2. The number of guanidine groups is 1. The molecule has 0 fully saturated rings. The number of carbonyl (C=O) groups is 2. The molecule has 0 saturated carbocycles. The van der Waals surface area contributed by atoms with Gasteiger partial charge in [-0.05, 0) is 77.4 Å². The Balaban J connectivity index is 1.48. The zero-order valence-electron chi connectivity index (χ0n) is 19.0. The van der Waals surface area contributed by atoms with Gasteiger partial charge in [0.25, 0.3) is 5.91 Å². The van der Waals surface area contributed by atoms with Gasteiger partial charge in [0.1, 0.15) is 5.82 Å². The van der Waals surface area contributed by atoms with Gasteiger partial charge in [0.05, 0.1) is 11.6 Å². The molecule has 5 rings (SSSR count). The lowest BCUT2D eigenvalue weighted by Gasteiger charge is -2.14. The summed E-state index contributed by atoms with van der Waals surface area (Å²) < 4.78 is 13.3. The summed E-state index contributed by atoms with van der Waals surface area (Å²) in [6.45, 7) is 1.97. The second-order valence-corrected chi connectivity index (χ2v) is 8.33. The van der Waals surface area contributed by atoms with E-state index in [-0.39, 0.29) is 17.8 Å². The summed E-state index contributed by atoms with van der Waals surface area (Å²) in [5, 5.41) is 11.0. The maximum Gasteiger partial charge on any atom is 0.257 e. The van der Waals surface area contributed by atoms with E-state index in [2.05, 4.69) is 20.9 Å².